The minimum atomic E-state index is -0.531. The van der Waals surface area contributed by atoms with Gasteiger partial charge in [0.05, 0.1) is 23.9 Å². The zero-order valence-electron chi connectivity index (χ0n) is 26.2. The van der Waals surface area contributed by atoms with Gasteiger partial charge in [-0.3, -0.25) is 9.78 Å². The minimum Gasteiger partial charge on any atom is -0.463 e. The Bertz CT molecular complexity index is 1270. The highest BCUT2D eigenvalue weighted by Crippen LogP contribution is 2.89. The molecule has 1 saturated heterocycles. The number of pyridine rings is 1. The SMILES string of the molecule is CC(=O)OCC1C[C@@H](C)[C@H]2C(O1)[C@H](O)[C@@]1(C)C3CC[C@H]4C(C)(C)C(OC(=O)c5cccnc5)CCC45CC35CCC21C. The number of aromatic nitrogens is 1. The van der Waals surface area contributed by atoms with Crippen molar-refractivity contribution >= 4 is 11.9 Å². The maximum Gasteiger partial charge on any atom is 0.339 e. The van der Waals surface area contributed by atoms with Crippen LogP contribution in [0.2, 0.25) is 0 Å². The number of hydrogen-bond donors (Lipinski definition) is 1. The first-order chi connectivity index (χ1) is 19.8. The summed E-state index contributed by atoms with van der Waals surface area (Å²) in [6.45, 7) is 13.6. The van der Waals surface area contributed by atoms with Gasteiger partial charge >= 0.3 is 11.9 Å². The number of aliphatic hydroxyl groups excluding tert-OH is 1. The molecule has 6 fully saturated rings. The second kappa shape index (κ2) is 9.26. The molecule has 1 aromatic rings. The first kappa shape index (κ1) is 28.8. The van der Waals surface area contributed by atoms with Gasteiger partial charge in [-0.2, -0.15) is 0 Å². The fourth-order valence-electron chi connectivity index (χ4n) is 12.6. The van der Waals surface area contributed by atoms with Crippen LogP contribution in [0.4, 0.5) is 0 Å². The van der Waals surface area contributed by atoms with E-state index in [0.717, 1.165) is 38.5 Å². The summed E-state index contributed by atoms with van der Waals surface area (Å²) in [6.07, 6.45) is 10.9. The lowest BCUT2D eigenvalue weighted by Crippen LogP contribution is -2.60. The molecule has 7 nitrogen and oxygen atoms in total. The predicted molar refractivity (Wildman–Crippen MR) is 156 cm³/mol. The van der Waals surface area contributed by atoms with Crippen molar-refractivity contribution in [1.29, 1.82) is 0 Å². The smallest absolute Gasteiger partial charge is 0.339 e. The molecule has 42 heavy (non-hydrogen) atoms. The molecule has 230 valence electrons. The standard InChI is InChI=1S/C35H49NO6/c1-20-16-23(18-40-21(2)37)41-28-27(20)32(5)13-14-35-19-34(35)12-11-26(42-30(39)22-8-7-15-36-17-22)31(3,4)24(34)9-10-25(35)33(32,6)29(28)38/h7-8,15,17,20,23-29,38H,9-14,16,18-19H2,1-6H3/t20-,23?,24+,25?,26?,27+,28?,29+,32?,33-,34?,35?/m1/s1. The Morgan fingerprint density at radius 1 is 1.07 bits per heavy atom. The van der Waals surface area contributed by atoms with Crippen LogP contribution in [0.15, 0.2) is 24.5 Å². The quantitative estimate of drug-likeness (QED) is 0.438. The lowest BCUT2D eigenvalue weighted by molar-refractivity contribution is -0.183. The van der Waals surface area contributed by atoms with E-state index in [0.29, 0.717) is 29.2 Å². The summed E-state index contributed by atoms with van der Waals surface area (Å²) in [5.41, 5.74) is 0.682. The molecule has 2 heterocycles. The Morgan fingerprint density at radius 2 is 1.81 bits per heavy atom. The van der Waals surface area contributed by atoms with Crippen molar-refractivity contribution in [3.63, 3.8) is 0 Å². The molecule has 6 aliphatic rings. The summed E-state index contributed by atoms with van der Waals surface area (Å²) in [4.78, 5) is 28.7. The van der Waals surface area contributed by atoms with Gasteiger partial charge in [0.25, 0.3) is 0 Å². The molecule has 1 aliphatic heterocycles. The Morgan fingerprint density at radius 3 is 2.52 bits per heavy atom. The van der Waals surface area contributed by atoms with Gasteiger partial charge in [0.15, 0.2) is 0 Å². The molecule has 1 N–H and O–H groups in total. The molecule has 0 amide bonds. The van der Waals surface area contributed by atoms with Crippen LogP contribution >= 0.6 is 0 Å². The first-order valence-electron chi connectivity index (χ1n) is 16.4. The van der Waals surface area contributed by atoms with E-state index in [1.807, 2.05) is 0 Å². The van der Waals surface area contributed by atoms with E-state index in [1.165, 1.54) is 19.8 Å². The van der Waals surface area contributed by atoms with E-state index < -0.39 is 6.10 Å². The van der Waals surface area contributed by atoms with Crippen molar-refractivity contribution in [1.82, 2.24) is 4.98 Å². The van der Waals surface area contributed by atoms with Crippen molar-refractivity contribution in [2.24, 2.45) is 50.7 Å². The molecular formula is C35H49NO6. The van der Waals surface area contributed by atoms with Crippen LogP contribution in [0.5, 0.6) is 0 Å². The Kier molecular flexibility index (Phi) is 6.34. The topological polar surface area (TPSA) is 95.0 Å². The number of carbonyl (C=O) groups excluding carboxylic acids is 2. The lowest BCUT2D eigenvalue weighted by Gasteiger charge is -2.63. The Hall–Kier alpha value is -1.99. The van der Waals surface area contributed by atoms with Crippen LogP contribution in [0.25, 0.3) is 0 Å². The zero-order chi connectivity index (χ0) is 29.9. The van der Waals surface area contributed by atoms with Crippen molar-refractivity contribution < 1.29 is 28.9 Å². The second-order valence-corrected chi connectivity index (χ2v) is 16.1. The molecule has 1 aromatic heterocycles. The molecule has 0 radical (unpaired) electrons. The maximum absolute atomic E-state index is 13.0. The monoisotopic (exact) mass is 579 g/mol. The molecular weight excluding hydrogens is 530 g/mol. The number of rotatable bonds is 4. The third kappa shape index (κ3) is 3.56. The van der Waals surface area contributed by atoms with Gasteiger partial charge in [0.1, 0.15) is 12.7 Å². The molecule has 7 heteroatoms. The van der Waals surface area contributed by atoms with Crippen molar-refractivity contribution in [2.75, 3.05) is 6.61 Å². The Labute approximate surface area is 250 Å². The predicted octanol–water partition coefficient (Wildman–Crippen LogP) is 5.98. The average Bonchev–Trinajstić information content (AvgIpc) is 3.58. The molecule has 5 saturated carbocycles. The molecule has 0 bridgehead atoms. The summed E-state index contributed by atoms with van der Waals surface area (Å²) < 4.78 is 18.2. The summed E-state index contributed by atoms with van der Waals surface area (Å²) in [5, 5.41) is 12.3. The van der Waals surface area contributed by atoms with Crippen LogP contribution < -0.4 is 0 Å². The highest BCUT2D eigenvalue weighted by atomic mass is 16.6. The Balaban J connectivity index is 1.15. The van der Waals surface area contributed by atoms with Crippen molar-refractivity contribution in [3.8, 4) is 0 Å². The highest BCUT2D eigenvalue weighted by Gasteiger charge is 2.84. The van der Waals surface area contributed by atoms with E-state index >= 15 is 0 Å². The van der Waals surface area contributed by atoms with Crippen LogP contribution in [0, 0.1) is 50.7 Å². The molecule has 5 aliphatic carbocycles. The number of aliphatic hydroxyl groups is 1. The molecule has 12 atom stereocenters. The van der Waals surface area contributed by atoms with Crippen molar-refractivity contribution in [3.05, 3.63) is 30.1 Å². The fraction of sp³-hybridized carbons (Fsp3) is 0.800. The van der Waals surface area contributed by atoms with Gasteiger partial charge in [-0.25, -0.2) is 4.79 Å². The number of nitrogens with zero attached hydrogens (tertiary/aromatic N) is 1. The fourth-order valence-corrected chi connectivity index (χ4v) is 12.6. The van der Waals surface area contributed by atoms with Crippen LogP contribution in [0.3, 0.4) is 0 Å². The number of fused-ring (bicyclic) bond motifs is 4. The van der Waals surface area contributed by atoms with E-state index in [2.05, 4.69) is 39.6 Å². The summed E-state index contributed by atoms with van der Waals surface area (Å²) >= 11 is 0. The number of ether oxygens (including phenoxy) is 3. The van der Waals surface area contributed by atoms with E-state index in [4.69, 9.17) is 14.2 Å². The third-order valence-corrected chi connectivity index (χ3v) is 14.4. The van der Waals surface area contributed by atoms with Gasteiger partial charge in [-0.05, 0) is 103 Å². The van der Waals surface area contributed by atoms with Gasteiger partial charge in [-0.15, -0.1) is 0 Å². The lowest BCUT2D eigenvalue weighted by atomic mass is 9.41. The minimum absolute atomic E-state index is 0.00139. The maximum atomic E-state index is 13.0. The largest absolute Gasteiger partial charge is 0.463 e. The number of esters is 2. The average molecular weight is 580 g/mol. The van der Waals surface area contributed by atoms with Crippen molar-refractivity contribution in [2.45, 2.75) is 117 Å². The third-order valence-electron chi connectivity index (χ3n) is 14.4. The number of hydrogen-bond acceptors (Lipinski definition) is 7. The molecule has 0 aromatic carbocycles. The molecule has 2 spiro atoms. The van der Waals surface area contributed by atoms with E-state index in [9.17, 15) is 14.7 Å². The highest BCUT2D eigenvalue weighted by molar-refractivity contribution is 5.89. The molecule has 7 unspecified atom stereocenters. The summed E-state index contributed by atoms with van der Waals surface area (Å²) in [7, 11) is 0. The second-order valence-electron chi connectivity index (χ2n) is 16.1. The first-order valence-corrected chi connectivity index (χ1v) is 16.4. The van der Waals surface area contributed by atoms with Gasteiger partial charge in [0.2, 0.25) is 0 Å². The molecule has 7 rings (SSSR count). The van der Waals surface area contributed by atoms with E-state index in [1.54, 1.807) is 24.5 Å². The van der Waals surface area contributed by atoms with Gasteiger partial charge < -0.3 is 19.3 Å². The summed E-state index contributed by atoms with van der Waals surface area (Å²) in [5.74, 6) is 1.10. The van der Waals surface area contributed by atoms with Crippen LogP contribution in [0.1, 0.15) is 103 Å². The van der Waals surface area contributed by atoms with Crippen LogP contribution in [-0.2, 0) is 19.0 Å². The summed E-state index contributed by atoms with van der Waals surface area (Å²) in [6, 6.07) is 3.56. The van der Waals surface area contributed by atoms with E-state index in [-0.39, 0.29) is 63.9 Å². The number of carbonyl (C=O) groups is 2. The van der Waals surface area contributed by atoms with Gasteiger partial charge in [0, 0.05) is 30.1 Å². The normalized spacial score (nSPS) is 49.8. The van der Waals surface area contributed by atoms with Gasteiger partial charge in [-0.1, -0.05) is 34.6 Å². The zero-order valence-corrected chi connectivity index (χ0v) is 26.2. The van der Waals surface area contributed by atoms with Crippen LogP contribution in [-0.4, -0.2) is 53.1 Å².